The molecule has 2 aromatic rings. The van der Waals surface area contributed by atoms with Crippen LogP contribution in [0.2, 0.25) is 5.02 Å². The van der Waals surface area contributed by atoms with Crippen molar-refractivity contribution in [2.45, 2.75) is 13.3 Å². The van der Waals surface area contributed by atoms with Gasteiger partial charge in [-0.1, -0.05) is 23.7 Å². The predicted molar refractivity (Wildman–Crippen MR) is 116 cm³/mol. The molecular weight excluding hydrogens is 438 g/mol. The minimum absolute atomic E-state index is 0.0611. The molecule has 3 rings (SSSR count). The van der Waals surface area contributed by atoms with Crippen LogP contribution < -0.4 is 15.5 Å². The summed E-state index contributed by atoms with van der Waals surface area (Å²) < 4.78 is 10.4. The molecule has 168 valence electrons. The fraction of sp³-hybridized carbons (Fsp3) is 0.273. The predicted octanol–water partition coefficient (Wildman–Crippen LogP) is 2.41. The van der Waals surface area contributed by atoms with E-state index in [1.807, 2.05) is 6.92 Å². The van der Waals surface area contributed by atoms with Crippen LogP contribution in [0.15, 0.2) is 48.5 Å². The van der Waals surface area contributed by atoms with E-state index in [-0.39, 0.29) is 23.6 Å². The van der Waals surface area contributed by atoms with Crippen molar-refractivity contribution in [3.63, 3.8) is 0 Å². The number of anilines is 1. The molecule has 1 saturated heterocycles. The van der Waals surface area contributed by atoms with Crippen molar-refractivity contribution in [2.75, 3.05) is 25.1 Å². The van der Waals surface area contributed by atoms with Gasteiger partial charge in [0.15, 0.2) is 6.61 Å². The smallest absolute Gasteiger partial charge is 0.311 e. The number of hydrogen-bond donors (Lipinski definition) is 2. The summed E-state index contributed by atoms with van der Waals surface area (Å²) in [7, 11) is 0. The number of rotatable bonds is 8. The Balaban J connectivity index is 1.46. The number of nitrogens with one attached hydrogen (secondary N) is 2. The maximum absolute atomic E-state index is 12.3. The number of hydrogen-bond acceptors (Lipinski definition) is 6. The Morgan fingerprint density at radius 1 is 1.12 bits per heavy atom. The number of carbonyl (C=O) groups is 4. The maximum atomic E-state index is 12.3. The van der Waals surface area contributed by atoms with Crippen LogP contribution in [0.4, 0.5) is 5.69 Å². The van der Waals surface area contributed by atoms with E-state index in [1.54, 1.807) is 42.5 Å². The molecule has 1 heterocycles. The number of esters is 1. The molecule has 1 aliphatic rings. The van der Waals surface area contributed by atoms with Gasteiger partial charge in [0.1, 0.15) is 5.75 Å². The topological polar surface area (TPSA) is 114 Å². The fourth-order valence-corrected chi connectivity index (χ4v) is 3.28. The first-order chi connectivity index (χ1) is 15.4. The monoisotopic (exact) mass is 459 g/mol. The van der Waals surface area contributed by atoms with Gasteiger partial charge < -0.3 is 14.8 Å². The first-order valence-corrected chi connectivity index (χ1v) is 10.3. The second-order valence-corrected chi connectivity index (χ2v) is 7.35. The minimum atomic E-state index is -0.799. The lowest BCUT2D eigenvalue weighted by Crippen LogP contribution is -2.43. The summed E-state index contributed by atoms with van der Waals surface area (Å²) in [6.45, 7) is 1.84. The van der Waals surface area contributed by atoms with E-state index < -0.39 is 36.2 Å². The highest BCUT2D eigenvalue weighted by Gasteiger charge is 2.36. The maximum Gasteiger partial charge on any atom is 0.311 e. The van der Waals surface area contributed by atoms with Gasteiger partial charge in [0.05, 0.1) is 29.7 Å². The van der Waals surface area contributed by atoms with E-state index in [1.165, 1.54) is 6.07 Å². The summed E-state index contributed by atoms with van der Waals surface area (Å²) in [5.74, 6) is -2.34. The molecule has 0 saturated carbocycles. The Hall–Kier alpha value is -3.59. The van der Waals surface area contributed by atoms with E-state index in [4.69, 9.17) is 21.1 Å². The molecule has 0 spiro atoms. The van der Waals surface area contributed by atoms with E-state index in [2.05, 4.69) is 10.7 Å². The molecule has 3 amide bonds. The second kappa shape index (κ2) is 10.6. The number of hydrazine groups is 1. The quantitative estimate of drug-likeness (QED) is 0.586. The van der Waals surface area contributed by atoms with E-state index in [0.717, 1.165) is 5.01 Å². The summed E-state index contributed by atoms with van der Waals surface area (Å²) in [6.07, 6.45) is -0.137. The molecule has 1 fully saturated rings. The van der Waals surface area contributed by atoms with Crippen molar-refractivity contribution in [3.8, 4) is 5.75 Å². The first kappa shape index (κ1) is 23.1. The number of ether oxygens (including phenoxy) is 2. The molecule has 0 radical (unpaired) electrons. The molecular formula is C22H22ClN3O6. The molecule has 1 aliphatic heterocycles. The SMILES string of the molecule is CCOc1ccc(NC(=O)COC(=O)[C@@H]2CC(=O)N(NC(=O)c3ccccc3Cl)C2)cc1. The highest BCUT2D eigenvalue weighted by atomic mass is 35.5. The van der Waals surface area contributed by atoms with Gasteiger partial charge in [-0.2, -0.15) is 0 Å². The second-order valence-electron chi connectivity index (χ2n) is 6.94. The largest absolute Gasteiger partial charge is 0.494 e. The van der Waals surface area contributed by atoms with Crippen LogP contribution in [-0.4, -0.2) is 48.5 Å². The number of benzene rings is 2. The average molecular weight is 460 g/mol. The zero-order valence-electron chi connectivity index (χ0n) is 17.3. The normalized spacial score (nSPS) is 15.2. The third-order valence-electron chi connectivity index (χ3n) is 4.61. The van der Waals surface area contributed by atoms with Gasteiger partial charge in [0.25, 0.3) is 11.8 Å². The molecule has 0 aromatic heterocycles. The number of carbonyl (C=O) groups excluding carboxylic acids is 4. The fourth-order valence-electron chi connectivity index (χ4n) is 3.05. The Labute approximate surface area is 189 Å². The molecule has 0 unspecified atom stereocenters. The number of nitrogens with zero attached hydrogens (tertiary/aromatic N) is 1. The summed E-state index contributed by atoms with van der Waals surface area (Å²) in [5.41, 5.74) is 3.18. The van der Waals surface area contributed by atoms with Crippen LogP contribution in [0.3, 0.4) is 0 Å². The summed E-state index contributed by atoms with van der Waals surface area (Å²) in [6, 6.07) is 13.2. The lowest BCUT2D eigenvalue weighted by molar-refractivity contribution is -0.151. The van der Waals surface area contributed by atoms with Crippen molar-refractivity contribution in [3.05, 3.63) is 59.1 Å². The van der Waals surface area contributed by atoms with Crippen LogP contribution >= 0.6 is 11.6 Å². The average Bonchev–Trinajstić information content (AvgIpc) is 3.14. The molecule has 32 heavy (non-hydrogen) atoms. The highest BCUT2D eigenvalue weighted by molar-refractivity contribution is 6.33. The molecule has 0 bridgehead atoms. The zero-order valence-corrected chi connectivity index (χ0v) is 18.1. The van der Waals surface area contributed by atoms with Gasteiger partial charge in [-0.3, -0.25) is 29.6 Å². The van der Waals surface area contributed by atoms with Gasteiger partial charge in [0.2, 0.25) is 5.91 Å². The molecule has 0 aliphatic carbocycles. The summed E-state index contributed by atoms with van der Waals surface area (Å²) in [4.78, 5) is 48.8. The highest BCUT2D eigenvalue weighted by Crippen LogP contribution is 2.20. The Morgan fingerprint density at radius 3 is 2.53 bits per heavy atom. The van der Waals surface area contributed by atoms with Gasteiger partial charge in [-0.25, -0.2) is 0 Å². The standard InChI is InChI=1S/C22H22ClN3O6/c1-2-31-16-9-7-15(8-10-16)24-19(27)13-32-22(30)14-11-20(28)26(12-14)25-21(29)17-5-3-4-6-18(17)23/h3-10,14H,2,11-13H2,1H3,(H,24,27)(H,25,29)/t14-/m1/s1. The molecule has 2 N–H and O–H groups in total. The Kier molecular flexibility index (Phi) is 7.67. The first-order valence-electron chi connectivity index (χ1n) is 9.92. The molecule has 10 heteroatoms. The summed E-state index contributed by atoms with van der Waals surface area (Å²) in [5, 5.41) is 3.90. The third kappa shape index (κ3) is 5.98. The van der Waals surface area contributed by atoms with Crippen molar-refractivity contribution >= 4 is 41.0 Å². The van der Waals surface area contributed by atoms with Crippen LogP contribution in [0, 0.1) is 5.92 Å². The van der Waals surface area contributed by atoms with Gasteiger partial charge in [0, 0.05) is 12.1 Å². The van der Waals surface area contributed by atoms with Crippen LogP contribution in [-0.2, 0) is 19.1 Å². The van der Waals surface area contributed by atoms with E-state index in [0.29, 0.717) is 18.0 Å². The molecule has 1 atom stereocenters. The van der Waals surface area contributed by atoms with Gasteiger partial charge in [-0.05, 0) is 43.3 Å². The van der Waals surface area contributed by atoms with Crippen molar-refractivity contribution < 1.29 is 28.7 Å². The number of halogens is 1. The summed E-state index contributed by atoms with van der Waals surface area (Å²) >= 11 is 5.99. The van der Waals surface area contributed by atoms with Crippen molar-refractivity contribution in [2.24, 2.45) is 5.92 Å². The van der Waals surface area contributed by atoms with Crippen LogP contribution in [0.1, 0.15) is 23.7 Å². The van der Waals surface area contributed by atoms with Crippen LogP contribution in [0.25, 0.3) is 0 Å². The number of amides is 3. The molecule has 9 nitrogen and oxygen atoms in total. The van der Waals surface area contributed by atoms with Crippen molar-refractivity contribution in [1.82, 2.24) is 10.4 Å². The third-order valence-corrected chi connectivity index (χ3v) is 4.94. The van der Waals surface area contributed by atoms with E-state index >= 15 is 0 Å². The van der Waals surface area contributed by atoms with Gasteiger partial charge in [-0.15, -0.1) is 0 Å². The van der Waals surface area contributed by atoms with E-state index in [9.17, 15) is 19.2 Å². The van der Waals surface area contributed by atoms with Crippen molar-refractivity contribution in [1.29, 1.82) is 0 Å². The van der Waals surface area contributed by atoms with Gasteiger partial charge >= 0.3 is 5.97 Å². The lowest BCUT2D eigenvalue weighted by Gasteiger charge is -2.18. The Bertz CT molecular complexity index is 1010. The van der Waals surface area contributed by atoms with Crippen LogP contribution in [0.5, 0.6) is 5.75 Å². The lowest BCUT2D eigenvalue weighted by atomic mass is 10.1. The minimum Gasteiger partial charge on any atom is -0.494 e. The zero-order chi connectivity index (χ0) is 23.1. The Morgan fingerprint density at radius 2 is 1.84 bits per heavy atom. The molecule has 2 aromatic carbocycles.